The largest absolute Gasteiger partial charge is 0.481 e. The van der Waals surface area contributed by atoms with E-state index in [2.05, 4.69) is 26.1 Å². The molecule has 0 saturated carbocycles. The highest BCUT2D eigenvalue weighted by Crippen LogP contribution is 2.35. The van der Waals surface area contributed by atoms with Crippen LogP contribution in [0.2, 0.25) is 0 Å². The van der Waals surface area contributed by atoms with Crippen LogP contribution in [0.1, 0.15) is 46.5 Å². The molecule has 16 heavy (non-hydrogen) atoms. The Bertz CT molecular complexity index is 233. The van der Waals surface area contributed by atoms with Gasteiger partial charge < -0.3 is 10.4 Å². The van der Waals surface area contributed by atoms with Crippen LogP contribution in [-0.4, -0.2) is 24.2 Å². The van der Waals surface area contributed by atoms with Crippen LogP contribution >= 0.6 is 0 Å². The lowest BCUT2D eigenvalue weighted by Crippen LogP contribution is -2.28. The fourth-order valence-corrected chi connectivity index (χ4v) is 2.46. The fourth-order valence-electron chi connectivity index (χ4n) is 2.46. The SMILES string of the molecule is CC(C)(C)[C@H]1CCNCCC[C@@H](C(=O)O)C1. The summed E-state index contributed by atoms with van der Waals surface area (Å²) < 4.78 is 0. The van der Waals surface area contributed by atoms with Crippen molar-refractivity contribution in [2.24, 2.45) is 17.3 Å². The molecule has 0 aromatic rings. The average Bonchev–Trinajstić information content (AvgIpc) is 2.26. The number of carboxylic acids is 1. The first kappa shape index (κ1) is 13.5. The quantitative estimate of drug-likeness (QED) is 0.723. The molecule has 0 spiro atoms. The predicted molar refractivity (Wildman–Crippen MR) is 65.4 cm³/mol. The second-order valence-corrected chi connectivity index (χ2v) is 6.01. The van der Waals surface area contributed by atoms with E-state index in [1.165, 1.54) is 0 Å². The summed E-state index contributed by atoms with van der Waals surface area (Å²) in [5.74, 6) is -0.264. The van der Waals surface area contributed by atoms with Crippen molar-refractivity contribution in [3.63, 3.8) is 0 Å². The highest BCUT2D eigenvalue weighted by atomic mass is 16.4. The first-order chi connectivity index (χ1) is 7.41. The number of nitrogens with one attached hydrogen (secondary N) is 1. The zero-order valence-corrected chi connectivity index (χ0v) is 10.8. The van der Waals surface area contributed by atoms with Gasteiger partial charge in [0.1, 0.15) is 0 Å². The van der Waals surface area contributed by atoms with E-state index in [1.807, 2.05) is 0 Å². The number of aliphatic carboxylic acids is 1. The third-order valence-electron chi connectivity index (χ3n) is 3.72. The maximum absolute atomic E-state index is 11.2. The third kappa shape index (κ3) is 4.12. The second-order valence-electron chi connectivity index (χ2n) is 6.01. The third-order valence-corrected chi connectivity index (χ3v) is 3.72. The topological polar surface area (TPSA) is 49.3 Å². The maximum Gasteiger partial charge on any atom is 0.306 e. The van der Waals surface area contributed by atoms with Crippen LogP contribution < -0.4 is 5.32 Å². The first-order valence-electron chi connectivity index (χ1n) is 6.35. The highest BCUT2D eigenvalue weighted by molar-refractivity contribution is 5.69. The van der Waals surface area contributed by atoms with Crippen LogP contribution in [0.5, 0.6) is 0 Å². The van der Waals surface area contributed by atoms with Gasteiger partial charge in [0.25, 0.3) is 0 Å². The molecule has 1 aliphatic rings. The Morgan fingerprint density at radius 1 is 1.25 bits per heavy atom. The van der Waals surface area contributed by atoms with E-state index in [9.17, 15) is 9.90 Å². The zero-order valence-electron chi connectivity index (χ0n) is 10.8. The smallest absolute Gasteiger partial charge is 0.306 e. The maximum atomic E-state index is 11.2. The van der Waals surface area contributed by atoms with Crippen molar-refractivity contribution in [3.05, 3.63) is 0 Å². The average molecular weight is 227 g/mol. The minimum absolute atomic E-state index is 0.149. The molecule has 2 atom stereocenters. The van der Waals surface area contributed by atoms with E-state index in [1.54, 1.807) is 0 Å². The highest BCUT2D eigenvalue weighted by Gasteiger charge is 2.30. The van der Waals surface area contributed by atoms with E-state index in [0.29, 0.717) is 5.92 Å². The van der Waals surface area contributed by atoms with Crippen LogP contribution in [0.4, 0.5) is 0 Å². The number of carbonyl (C=O) groups is 1. The predicted octanol–water partition coefficient (Wildman–Crippen LogP) is 2.51. The van der Waals surface area contributed by atoms with Crippen molar-refractivity contribution in [1.82, 2.24) is 5.32 Å². The summed E-state index contributed by atoms with van der Waals surface area (Å²) in [4.78, 5) is 11.2. The van der Waals surface area contributed by atoms with Crippen LogP contribution in [0.3, 0.4) is 0 Å². The molecule has 94 valence electrons. The molecule has 1 aliphatic heterocycles. The number of rotatable bonds is 1. The molecule has 0 amide bonds. The van der Waals surface area contributed by atoms with E-state index in [0.717, 1.165) is 38.8 Å². The lowest BCUT2D eigenvalue weighted by Gasteiger charge is -2.32. The van der Waals surface area contributed by atoms with Crippen molar-refractivity contribution in [3.8, 4) is 0 Å². The van der Waals surface area contributed by atoms with Gasteiger partial charge in [0.05, 0.1) is 5.92 Å². The molecule has 0 unspecified atom stereocenters. The number of hydrogen-bond acceptors (Lipinski definition) is 2. The van der Waals surface area contributed by atoms with Crippen LogP contribution in [0.15, 0.2) is 0 Å². The van der Waals surface area contributed by atoms with Crippen molar-refractivity contribution < 1.29 is 9.90 Å². The molecule has 0 bridgehead atoms. The van der Waals surface area contributed by atoms with Gasteiger partial charge in [-0.2, -0.15) is 0 Å². The summed E-state index contributed by atoms with van der Waals surface area (Å²) in [6.45, 7) is 8.63. The summed E-state index contributed by atoms with van der Waals surface area (Å²) in [5, 5.41) is 12.6. The van der Waals surface area contributed by atoms with Gasteiger partial charge in [-0.1, -0.05) is 20.8 Å². The van der Waals surface area contributed by atoms with Gasteiger partial charge in [-0.3, -0.25) is 4.79 Å². The molecular weight excluding hydrogens is 202 g/mol. The number of hydrogen-bond donors (Lipinski definition) is 2. The van der Waals surface area contributed by atoms with Gasteiger partial charge in [-0.05, 0) is 50.1 Å². The van der Waals surface area contributed by atoms with Gasteiger partial charge in [-0.25, -0.2) is 0 Å². The molecule has 0 aromatic heterocycles. The summed E-state index contributed by atoms with van der Waals surface area (Å²) in [6.07, 6.45) is 3.72. The van der Waals surface area contributed by atoms with Crippen molar-refractivity contribution in [2.45, 2.75) is 46.5 Å². The molecule has 1 fully saturated rings. The molecule has 1 rings (SSSR count). The lowest BCUT2D eigenvalue weighted by atomic mass is 9.73. The molecule has 3 nitrogen and oxygen atoms in total. The minimum atomic E-state index is -0.615. The van der Waals surface area contributed by atoms with Crippen LogP contribution in [0, 0.1) is 17.3 Å². The fraction of sp³-hybridized carbons (Fsp3) is 0.923. The van der Waals surface area contributed by atoms with Gasteiger partial charge in [0.2, 0.25) is 0 Å². The van der Waals surface area contributed by atoms with Crippen molar-refractivity contribution >= 4 is 5.97 Å². The van der Waals surface area contributed by atoms with Gasteiger partial charge in [-0.15, -0.1) is 0 Å². The van der Waals surface area contributed by atoms with Gasteiger partial charge in [0, 0.05) is 0 Å². The van der Waals surface area contributed by atoms with Crippen molar-refractivity contribution in [1.29, 1.82) is 0 Å². The Morgan fingerprint density at radius 2 is 1.94 bits per heavy atom. The monoisotopic (exact) mass is 227 g/mol. The lowest BCUT2D eigenvalue weighted by molar-refractivity contribution is -0.143. The van der Waals surface area contributed by atoms with E-state index in [4.69, 9.17) is 0 Å². The second kappa shape index (κ2) is 5.67. The summed E-state index contributed by atoms with van der Waals surface area (Å²) >= 11 is 0. The Labute approximate surface area is 98.6 Å². The standard InChI is InChI=1S/C13H25NO2/c1-13(2,3)11-6-8-14-7-4-5-10(9-11)12(15)16/h10-11,14H,4-9H2,1-3H3,(H,15,16)/t10-,11+/m1/s1. The summed E-state index contributed by atoms with van der Waals surface area (Å²) in [6, 6.07) is 0. The van der Waals surface area contributed by atoms with Gasteiger partial charge in [0.15, 0.2) is 0 Å². The molecule has 1 heterocycles. The Kier molecular flexibility index (Phi) is 4.78. The van der Waals surface area contributed by atoms with Gasteiger partial charge >= 0.3 is 5.97 Å². The normalized spacial score (nSPS) is 28.9. The molecule has 0 aliphatic carbocycles. The van der Waals surface area contributed by atoms with Crippen molar-refractivity contribution in [2.75, 3.05) is 13.1 Å². The van der Waals surface area contributed by atoms with E-state index < -0.39 is 5.97 Å². The Morgan fingerprint density at radius 3 is 2.50 bits per heavy atom. The Hall–Kier alpha value is -0.570. The van der Waals surface area contributed by atoms with E-state index in [-0.39, 0.29) is 11.3 Å². The number of carboxylic acid groups (broad SMARTS) is 1. The molecule has 2 N–H and O–H groups in total. The zero-order chi connectivity index (χ0) is 12.2. The molecule has 0 aromatic carbocycles. The molecule has 3 heteroatoms. The molecule has 1 saturated heterocycles. The Balaban J connectivity index is 2.69. The summed E-state index contributed by atoms with van der Waals surface area (Å²) in [7, 11) is 0. The van der Waals surface area contributed by atoms with Crippen LogP contribution in [0.25, 0.3) is 0 Å². The van der Waals surface area contributed by atoms with Crippen LogP contribution in [-0.2, 0) is 4.79 Å². The van der Waals surface area contributed by atoms with E-state index >= 15 is 0 Å². The summed E-state index contributed by atoms with van der Waals surface area (Å²) in [5.41, 5.74) is 0.208. The molecular formula is C13H25NO2. The minimum Gasteiger partial charge on any atom is -0.481 e. The molecule has 0 radical (unpaired) electrons. The first-order valence-corrected chi connectivity index (χ1v) is 6.35.